The molecule has 0 saturated carbocycles. The van der Waals surface area contributed by atoms with Gasteiger partial charge in [-0.2, -0.15) is 0 Å². The second-order valence-electron chi connectivity index (χ2n) is 8.62. The predicted molar refractivity (Wildman–Crippen MR) is 138 cm³/mol. The van der Waals surface area contributed by atoms with Crippen LogP contribution in [0.4, 0.5) is 5.69 Å². The lowest BCUT2D eigenvalue weighted by atomic mass is 10.0. The fourth-order valence-corrected chi connectivity index (χ4v) is 4.59. The fourth-order valence-electron chi connectivity index (χ4n) is 4.59. The molecular weight excluding hydrogens is 422 g/mol. The summed E-state index contributed by atoms with van der Waals surface area (Å²) in [5.41, 5.74) is 5.61. The number of aryl methyl sites for hydroxylation is 1. The first-order valence-corrected chi connectivity index (χ1v) is 11.9. The number of piperazine rings is 1. The van der Waals surface area contributed by atoms with Gasteiger partial charge in [-0.05, 0) is 44.2 Å². The average molecular weight is 452 g/mol. The molecule has 172 valence electrons. The van der Waals surface area contributed by atoms with Crippen LogP contribution in [0.3, 0.4) is 0 Å². The van der Waals surface area contributed by atoms with Gasteiger partial charge >= 0.3 is 0 Å². The average Bonchev–Trinajstić information content (AvgIpc) is 2.89. The van der Waals surface area contributed by atoms with Gasteiger partial charge in [0, 0.05) is 37.1 Å². The Labute approximate surface area is 200 Å². The van der Waals surface area contributed by atoms with Gasteiger partial charge < -0.3 is 14.5 Å². The third-order valence-electron chi connectivity index (χ3n) is 6.34. The van der Waals surface area contributed by atoms with Gasteiger partial charge in [0.1, 0.15) is 5.75 Å². The topological polar surface area (TPSA) is 45.7 Å². The number of nitrogens with zero attached hydrogens (tertiary/aromatic N) is 3. The van der Waals surface area contributed by atoms with Crippen LogP contribution < -0.4 is 9.64 Å². The number of amides is 1. The third-order valence-corrected chi connectivity index (χ3v) is 6.34. The molecule has 3 aromatic carbocycles. The molecule has 1 fully saturated rings. The van der Waals surface area contributed by atoms with Crippen LogP contribution in [0.25, 0.3) is 22.2 Å². The van der Waals surface area contributed by atoms with E-state index < -0.39 is 0 Å². The normalized spacial score (nSPS) is 13.8. The molecule has 0 unspecified atom stereocenters. The van der Waals surface area contributed by atoms with Gasteiger partial charge in [-0.25, -0.2) is 4.98 Å². The molecule has 5 rings (SSSR count). The van der Waals surface area contributed by atoms with E-state index in [1.54, 1.807) is 0 Å². The third kappa shape index (κ3) is 4.34. The van der Waals surface area contributed by atoms with Crippen LogP contribution in [0.2, 0.25) is 0 Å². The van der Waals surface area contributed by atoms with Crippen LogP contribution in [0, 0.1) is 6.92 Å². The van der Waals surface area contributed by atoms with Crippen molar-refractivity contribution in [1.29, 1.82) is 0 Å². The van der Waals surface area contributed by atoms with Crippen molar-refractivity contribution in [3.05, 3.63) is 90.0 Å². The van der Waals surface area contributed by atoms with Gasteiger partial charge in [-0.1, -0.05) is 54.1 Å². The number of pyridine rings is 1. The Morgan fingerprint density at radius 1 is 0.912 bits per heavy atom. The van der Waals surface area contributed by atoms with Crippen LogP contribution in [-0.4, -0.2) is 48.6 Å². The number of rotatable bonds is 5. The number of anilines is 1. The van der Waals surface area contributed by atoms with E-state index in [4.69, 9.17) is 9.72 Å². The molecule has 0 atom stereocenters. The highest BCUT2D eigenvalue weighted by Gasteiger charge is 2.25. The number of aromatic nitrogens is 1. The standard InChI is InChI=1S/C29H29N3O2/c1-3-34-28-12-8-7-11-27(28)31-15-17-32(18-16-31)29(33)24-20-26(22-9-5-4-6-10-22)30-25-14-13-21(2)19-23(24)25/h4-14,19-20H,3,15-18H2,1-2H3. The number of carbonyl (C=O) groups is 1. The molecule has 0 radical (unpaired) electrons. The Hall–Kier alpha value is -3.86. The highest BCUT2D eigenvalue weighted by Crippen LogP contribution is 2.30. The highest BCUT2D eigenvalue weighted by molar-refractivity contribution is 6.07. The van der Waals surface area contributed by atoms with E-state index in [0.717, 1.165) is 57.8 Å². The van der Waals surface area contributed by atoms with Crippen LogP contribution in [-0.2, 0) is 0 Å². The molecule has 1 saturated heterocycles. The number of hydrogen-bond donors (Lipinski definition) is 0. The van der Waals surface area contributed by atoms with E-state index in [1.165, 1.54) is 0 Å². The molecule has 0 N–H and O–H groups in total. The van der Waals surface area contributed by atoms with E-state index in [0.29, 0.717) is 19.7 Å². The number of fused-ring (bicyclic) bond motifs is 1. The molecule has 0 spiro atoms. The SMILES string of the molecule is CCOc1ccccc1N1CCN(C(=O)c2cc(-c3ccccc3)nc3ccc(C)cc23)CC1. The maximum absolute atomic E-state index is 13.8. The Morgan fingerprint density at radius 2 is 1.65 bits per heavy atom. The van der Waals surface area contributed by atoms with Gasteiger partial charge in [0.25, 0.3) is 5.91 Å². The monoisotopic (exact) mass is 451 g/mol. The molecule has 1 amide bonds. The summed E-state index contributed by atoms with van der Waals surface area (Å²) in [5.74, 6) is 0.959. The maximum atomic E-state index is 13.8. The minimum Gasteiger partial charge on any atom is -0.492 e. The minimum absolute atomic E-state index is 0.0629. The van der Waals surface area contributed by atoms with Crippen molar-refractivity contribution in [1.82, 2.24) is 9.88 Å². The molecule has 34 heavy (non-hydrogen) atoms. The largest absolute Gasteiger partial charge is 0.492 e. The highest BCUT2D eigenvalue weighted by atomic mass is 16.5. The van der Waals surface area contributed by atoms with Crippen molar-refractivity contribution >= 4 is 22.5 Å². The maximum Gasteiger partial charge on any atom is 0.254 e. The molecule has 1 aliphatic heterocycles. The summed E-state index contributed by atoms with van der Waals surface area (Å²) in [4.78, 5) is 22.9. The molecule has 2 heterocycles. The zero-order valence-corrected chi connectivity index (χ0v) is 19.7. The lowest BCUT2D eigenvalue weighted by molar-refractivity contribution is 0.0748. The first-order chi connectivity index (χ1) is 16.6. The summed E-state index contributed by atoms with van der Waals surface area (Å²) in [7, 11) is 0. The van der Waals surface area contributed by atoms with Crippen molar-refractivity contribution in [3.63, 3.8) is 0 Å². The van der Waals surface area contributed by atoms with Gasteiger partial charge in [0.05, 0.1) is 29.1 Å². The Bertz CT molecular complexity index is 1310. The zero-order valence-electron chi connectivity index (χ0n) is 19.7. The van der Waals surface area contributed by atoms with Gasteiger partial charge in [0.2, 0.25) is 0 Å². The molecule has 5 nitrogen and oxygen atoms in total. The number of para-hydroxylation sites is 2. The summed E-state index contributed by atoms with van der Waals surface area (Å²) < 4.78 is 5.82. The molecule has 1 aliphatic rings. The van der Waals surface area contributed by atoms with Crippen LogP contribution in [0.15, 0.2) is 78.9 Å². The van der Waals surface area contributed by atoms with Crippen LogP contribution in [0.1, 0.15) is 22.8 Å². The summed E-state index contributed by atoms with van der Waals surface area (Å²) in [6.07, 6.45) is 0. The summed E-state index contributed by atoms with van der Waals surface area (Å²) >= 11 is 0. The molecule has 0 aliphatic carbocycles. The van der Waals surface area contributed by atoms with Crippen molar-refractivity contribution in [2.45, 2.75) is 13.8 Å². The minimum atomic E-state index is 0.0629. The van der Waals surface area contributed by atoms with E-state index >= 15 is 0 Å². The molecular formula is C29H29N3O2. The fraction of sp³-hybridized carbons (Fsp3) is 0.241. The summed E-state index contributed by atoms with van der Waals surface area (Å²) in [6.45, 7) is 7.54. The summed E-state index contributed by atoms with van der Waals surface area (Å²) in [6, 6.07) is 26.3. The van der Waals surface area contributed by atoms with Crippen molar-refractivity contribution in [3.8, 4) is 17.0 Å². The molecule has 4 aromatic rings. The van der Waals surface area contributed by atoms with E-state index in [1.807, 2.05) is 85.5 Å². The Balaban J connectivity index is 1.43. The lowest BCUT2D eigenvalue weighted by Crippen LogP contribution is -2.49. The molecule has 0 bridgehead atoms. The van der Waals surface area contributed by atoms with Gasteiger partial charge in [0.15, 0.2) is 0 Å². The number of hydrogen-bond acceptors (Lipinski definition) is 4. The zero-order chi connectivity index (χ0) is 23.5. The number of carbonyl (C=O) groups excluding carboxylic acids is 1. The Kier molecular flexibility index (Phi) is 6.17. The van der Waals surface area contributed by atoms with Crippen LogP contribution in [0.5, 0.6) is 5.75 Å². The van der Waals surface area contributed by atoms with Crippen molar-refractivity contribution < 1.29 is 9.53 Å². The van der Waals surface area contributed by atoms with Crippen molar-refractivity contribution in [2.75, 3.05) is 37.7 Å². The summed E-state index contributed by atoms with van der Waals surface area (Å²) in [5, 5.41) is 0.911. The van der Waals surface area contributed by atoms with E-state index in [2.05, 4.69) is 17.0 Å². The van der Waals surface area contributed by atoms with Crippen LogP contribution >= 0.6 is 0 Å². The smallest absolute Gasteiger partial charge is 0.254 e. The van der Waals surface area contributed by atoms with E-state index in [-0.39, 0.29) is 5.91 Å². The molecule has 5 heteroatoms. The quantitative estimate of drug-likeness (QED) is 0.398. The van der Waals surface area contributed by atoms with Gasteiger partial charge in [-0.15, -0.1) is 0 Å². The number of ether oxygens (including phenoxy) is 1. The predicted octanol–water partition coefficient (Wildman–Crippen LogP) is 5.57. The first-order valence-electron chi connectivity index (χ1n) is 11.9. The lowest BCUT2D eigenvalue weighted by Gasteiger charge is -2.37. The van der Waals surface area contributed by atoms with Crippen molar-refractivity contribution in [2.24, 2.45) is 0 Å². The second-order valence-corrected chi connectivity index (χ2v) is 8.62. The van der Waals surface area contributed by atoms with E-state index in [9.17, 15) is 4.79 Å². The second kappa shape index (κ2) is 9.56. The first kappa shape index (κ1) is 22.0. The Morgan fingerprint density at radius 3 is 2.41 bits per heavy atom. The van der Waals surface area contributed by atoms with Gasteiger partial charge in [-0.3, -0.25) is 4.79 Å². The number of benzene rings is 3. The molecule has 1 aromatic heterocycles.